The van der Waals surface area contributed by atoms with Gasteiger partial charge in [-0.3, -0.25) is 0 Å². The number of aromatic nitrogens is 3. The topological polar surface area (TPSA) is 30.7 Å². The highest BCUT2D eigenvalue weighted by Gasteiger charge is 2.15. The molecule has 0 unspecified atom stereocenters. The van der Waals surface area contributed by atoms with Gasteiger partial charge in [-0.15, -0.1) is 11.3 Å². The van der Waals surface area contributed by atoms with Crippen molar-refractivity contribution in [1.29, 1.82) is 0 Å². The van der Waals surface area contributed by atoms with Crippen molar-refractivity contribution in [3.05, 3.63) is 152 Å². The van der Waals surface area contributed by atoms with Gasteiger partial charge in [0.25, 0.3) is 0 Å². The Bertz CT molecular complexity index is 2450. The molecule has 0 aliphatic rings. The molecule has 44 heavy (non-hydrogen) atoms. The number of hydrogen-bond donors (Lipinski definition) is 0. The molecule has 3 heterocycles. The van der Waals surface area contributed by atoms with Crippen molar-refractivity contribution in [2.75, 3.05) is 0 Å². The normalized spacial score (nSPS) is 11.6. The maximum atomic E-state index is 5.19. The molecule has 6 aromatic carbocycles. The maximum absolute atomic E-state index is 5.19. The number of hydrogen-bond acceptors (Lipinski definition) is 3. The second-order valence-corrected chi connectivity index (χ2v) is 12.1. The van der Waals surface area contributed by atoms with Gasteiger partial charge < -0.3 is 4.57 Å². The van der Waals surface area contributed by atoms with Crippen molar-refractivity contribution >= 4 is 53.3 Å². The predicted molar refractivity (Wildman–Crippen MR) is 186 cm³/mol. The van der Waals surface area contributed by atoms with E-state index >= 15 is 0 Å². The van der Waals surface area contributed by atoms with Crippen molar-refractivity contribution < 1.29 is 0 Å². The fourth-order valence-corrected chi connectivity index (χ4v) is 7.50. The molecule has 0 aliphatic carbocycles. The Labute approximate surface area is 258 Å². The molecular weight excluding hydrogens is 555 g/mol. The predicted octanol–water partition coefficient (Wildman–Crippen LogP) is 10.9. The van der Waals surface area contributed by atoms with E-state index in [1.807, 2.05) is 17.4 Å². The first-order valence-electron chi connectivity index (χ1n) is 14.8. The molecule has 0 amide bonds. The van der Waals surface area contributed by atoms with E-state index in [4.69, 9.17) is 9.97 Å². The lowest BCUT2D eigenvalue weighted by atomic mass is 10.1. The van der Waals surface area contributed by atoms with Crippen molar-refractivity contribution in [2.45, 2.75) is 0 Å². The zero-order valence-electron chi connectivity index (χ0n) is 23.7. The first kappa shape index (κ1) is 25.0. The van der Waals surface area contributed by atoms with E-state index in [1.54, 1.807) is 0 Å². The molecule has 0 atom stereocenters. The molecule has 0 saturated carbocycles. The van der Waals surface area contributed by atoms with Crippen molar-refractivity contribution in [3.8, 4) is 39.6 Å². The summed E-state index contributed by atoms with van der Waals surface area (Å²) in [6, 6.07) is 53.6. The number of benzene rings is 6. The summed E-state index contributed by atoms with van der Waals surface area (Å²) in [4.78, 5) is 10.3. The number of rotatable bonds is 4. The number of nitrogens with zero attached hydrogens (tertiary/aromatic N) is 3. The minimum Gasteiger partial charge on any atom is -0.309 e. The maximum Gasteiger partial charge on any atom is 0.160 e. The van der Waals surface area contributed by atoms with Gasteiger partial charge in [-0.1, -0.05) is 109 Å². The summed E-state index contributed by atoms with van der Waals surface area (Å²) in [5, 5.41) is 5.06. The SMILES string of the molecule is c1ccc(-c2cc(-c3cccc(-n4c5ccccc5c5ccccc54)c3)nc(-c3ccc4c(c3)sc3ccccc34)n2)cc1. The Kier molecular flexibility index (Phi) is 5.68. The Hall–Kier alpha value is -5.58. The van der Waals surface area contributed by atoms with Crippen LogP contribution in [0, 0.1) is 0 Å². The Morgan fingerprint density at radius 3 is 1.80 bits per heavy atom. The molecule has 0 N–H and O–H groups in total. The van der Waals surface area contributed by atoms with E-state index < -0.39 is 0 Å². The molecule has 0 aliphatic heterocycles. The molecule has 0 spiro atoms. The second kappa shape index (κ2) is 10.0. The average Bonchev–Trinajstić information content (AvgIpc) is 3.64. The fourth-order valence-electron chi connectivity index (χ4n) is 6.35. The minimum atomic E-state index is 0.725. The van der Waals surface area contributed by atoms with Crippen LogP contribution < -0.4 is 0 Å². The first-order chi connectivity index (χ1) is 21.8. The molecule has 9 rings (SSSR count). The molecule has 4 heteroatoms. The van der Waals surface area contributed by atoms with Crippen LogP contribution in [0.4, 0.5) is 0 Å². The summed E-state index contributed by atoms with van der Waals surface area (Å²) >= 11 is 1.82. The standard InChI is InChI=1S/C40H25N3S/c1-2-11-26(12-3-1)34-25-35(42-40(41-34)28-21-22-33-32-17-6-9-20-38(32)44-39(33)24-28)27-13-10-14-29(23-27)43-36-18-7-4-15-30(36)31-16-5-8-19-37(31)43/h1-25H. The Morgan fingerprint density at radius 1 is 0.409 bits per heavy atom. The first-order valence-corrected chi connectivity index (χ1v) is 15.6. The number of fused-ring (bicyclic) bond motifs is 6. The zero-order valence-corrected chi connectivity index (χ0v) is 24.5. The molecule has 0 saturated heterocycles. The lowest BCUT2D eigenvalue weighted by molar-refractivity contribution is 1.16. The van der Waals surface area contributed by atoms with Crippen LogP contribution in [0.3, 0.4) is 0 Å². The quantitative estimate of drug-likeness (QED) is 0.208. The van der Waals surface area contributed by atoms with Gasteiger partial charge in [0.2, 0.25) is 0 Å². The summed E-state index contributed by atoms with van der Waals surface area (Å²) in [5.74, 6) is 0.725. The van der Waals surface area contributed by atoms with Crippen LogP contribution >= 0.6 is 11.3 Å². The summed E-state index contributed by atoms with van der Waals surface area (Å²) in [7, 11) is 0. The van der Waals surface area contributed by atoms with Gasteiger partial charge in [-0.25, -0.2) is 9.97 Å². The molecule has 0 fully saturated rings. The summed E-state index contributed by atoms with van der Waals surface area (Å²) in [6.45, 7) is 0. The van der Waals surface area contributed by atoms with Crippen molar-refractivity contribution in [1.82, 2.24) is 14.5 Å². The fraction of sp³-hybridized carbons (Fsp3) is 0. The van der Waals surface area contributed by atoms with Crippen LogP contribution in [0.1, 0.15) is 0 Å². The molecule has 0 bridgehead atoms. The van der Waals surface area contributed by atoms with Gasteiger partial charge in [0.15, 0.2) is 5.82 Å². The van der Waals surface area contributed by atoms with Crippen LogP contribution in [-0.4, -0.2) is 14.5 Å². The van der Waals surface area contributed by atoms with E-state index in [9.17, 15) is 0 Å². The van der Waals surface area contributed by atoms with E-state index in [2.05, 4.69) is 150 Å². The highest BCUT2D eigenvalue weighted by molar-refractivity contribution is 7.25. The third kappa shape index (κ3) is 4.03. The number of thiophene rings is 1. The van der Waals surface area contributed by atoms with Gasteiger partial charge >= 0.3 is 0 Å². The Morgan fingerprint density at radius 2 is 1.02 bits per heavy atom. The zero-order chi connectivity index (χ0) is 29.0. The highest BCUT2D eigenvalue weighted by Crippen LogP contribution is 2.37. The smallest absolute Gasteiger partial charge is 0.160 e. The summed E-state index contributed by atoms with van der Waals surface area (Å²) < 4.78 is 4.89. The third-order valence-corrected chi connectivity index (χ3v) is 9.55. The van der Waals surface area contributed by atoms with Gasteiger partial charge in [-0.05, 0) is 42.5 Å². The van der Waals surface area contributed by atoms with Crippen LogP contribution in [0.5, 0.6) is 0 Å². The lowest BCUT2D eigenvalue weighted by Crippen LogP contribution is -1.97. The monoisotopic (exact) mass is 579 g/mol. The lowest BCUT2D eigenvalue weighted by Gasteiger charge is -2.12. The van der Waals surface area contributed by atoms with Crippen LogP contribution in [0.2, 0.25) is 0 Å². The van der Waals surface area contributed by atoms with Gasteiger partial charge in [0, 0.05) is 53.3 Å². The number of para-hydroxylation sites is 2. The molecule has 0 radical (unpaired) electrons. The third-order valence-electron chi connectivity index (χ3n) is 8.41. The van der Waals surface area contributed by atoms with Gasteiger partial charge in [0.1, 0.15) is 0 Å². The van der Waals surface area contributed by atoms with Gasteiger partial charge in [-0.2, -0.15) is 0 Å². The summed E-state index contributed by atoms with van der Waals surface area (Å²) in [6.07, 6.45) is 0. The second-order valence-electron chi connectivity index (χ2n) is 11.1. The largest absolute Gasteiger partial charge is 0.309 e. The van der Waals surface area contributed by atoms with Crippen LogP contribution in [-0.2, 0) is 0 Å². The van der Waals surface area contributed by atoms with E-state index in [0.717, 1.165) is 39.6 Å². The Balaban J connectivity index is 1.24. The minimum absolute atomic E-state index is 0.725. The van der Waals surface area contributed by atoms with Gasteiger partial charge in [0.05, 0.1) is 22.4 Å². The molecule has 3 aromatic heterocycles. The van der Waals surface area contributed by atoms with Crippen LogP contribution in [0.25, 0.3) is 81.6 Å². The molecule has 9 aromatic rings. The van der Waals surface area contributed by atoms with E-state index in [-0.39, 0.29) is 0 Å². The molecular formula is C40H25N3S. The molecule has 206 valence electrons. The average molecular weight is 580 g/mol. The van der Waals surface area contributed by atoms with Crippen molar-refractivity contribution in [2.24, 2.45) is 0 Å². The van der Waals surface area contributed by atoms with Crippen LogP contribution in [0.15, 0.2) is 152 Å². The van der Waals surface area contributed by atoms with E-state index in [1.165, 1.54) is 42.0 Å². The molecule has 3 nitrogen and oxygen atoms in total. The summed E-state index contributed by atoms with van der Waals surface area (Å²) in [5.41, 5.74) is 8.42. The van der Waals surface area contributed by atoms with E-state index in [0.29, 0.717) is 0 Å². The highest BCUT2D eigenvalue weighted by atomic mass is 32.1. The van der Waals surface area contributed by atoms with Crippen molar-refractivity contribution in [3.63, 3.8) is 0 Å².